The molecule has 0 radical (unpaired) electrons. The van der Waals surface area contributed by atoms with Crippen molar-refractivity contribution in [3.05, 3.63) is 35.0 Å². The Morgan fingerprint density at radius 3 is 2.52 bits per heavy atom. The lowest BCUT2D eigenvalue weighted by molar-refractivity contribution is 0.0526. The van der Waals surface area contributed by atoms with Gasteiger partial charge in [-0.2, -0.15) is 0 Å². The lowest BCUT2D eigenvalue weighted by Crippen LogP contribution is -2.46. The second kappa shape index (κ2) is 7.40. The first-order chi connectivity index (χ1) is 12.0. The first kappa shape index (κ1) is 17.7. The largest absolute Gasteiger partial charge is 0.462 e. The molecule has 0 spiro atoms. The van der Waals surface area contributed by atoms with Crippen LogP contribution < -0.4 is 4.90 Å². The number of aromatic nitrogens is 1. The Hall–Kier alpha value is -2.14. The fraction of sp³-hybridized carbons (Fsp3) is 0.500. The van der Waals surface area contributed by atoms with Gasteiger partial charge in [-0.1, -0.05) is 18.6 Å². The van der Waals surface area contributed by atoms with Crippen LogP contribution in [0.2, 0.25) is 0 Å². The number of anilines is 1. The number of rotatable bonds is 4. The summed E-state index contributed by atoms with van der Waals surface area (Å²) >= 11 is 0. The summed E-state index contributed by atoms with van der Waals surface area (Å²) < 4.78 is 5.30. The molecule has 25 heavy (non-hydrogen) atoms. The van der Waals surface area contributed by atoms with Crippen molar-refractivity contribution in [2.24, 2.45) is 0 Å². The normalized spacial score (nSPS) is 15.6. The van der Waals surface area contributed by atoms with Gasteiger partial charge in [0, 0.05) is 37.8 Å². The SMILES string of the molecule is CCOC(=O)c1cnc2c(C)cc(C)cc2c1N1CCN(CC)CC1. The molecule has 1 fully saturated rings. The topological polar surface area (TPSA) is 45.7 Å². The van der Waals surface area contributed by atoms with Crippen LogP contribution >= 0.6 is 0 Å². The predicted molar refractivity (Wildman–Crippen MR) is 102 cm³/mol. The van der Waals surface area contributed by atoms with E-state index in [0.29, 0.717) is 12.2 Å². The molecule has 2 aromatic rings. The number of aryl methyl sites for hydroxylation is 2. The molecule has 1 aromatic carbocycles. The van der Waals surface area contributed by atoms with E-state index >= 15 is 0 Å². The van der Waals surface area contributed by atoms with Crippen LogP contribution in [0, 0.1) is 13.8 Å². The number of hydrogen-bond acceptors (Lipinski definition) is 5. The third-order valence-electron chi connectivity index (χ3n) is 4.91. The van der Waals surface area contributed by atoms with Gasteiger partial charge in [-0.3, -0.25) is 4.98 Å². The standard InChI is InChI=1S/C20H27N3O2/c1-5-22-7-9-23(10-8-22)19-16-12-14(3)11-15(4)18(16)21-13-17(19)20(24)25-6-2/h11-13H,5-10H2,1-4H3. The minimum Gasteiger partial charge on any atom is -0.462 e. The van der Waals surface area contributed by atoms with Crippen molar-refractivity contribution in [3.8, 4) is 0 Å². The highest BCUT2D eigenvalue weighted by molar-refractivity contribution is 6.06. The number of pyridine rings is 1. The number of benzene rings is 1. The number of ether oxygens (including phenoxy) is 1. The van der Waals surface area contributed by atoms with Gasteiger partial charge >= 0.3 is 5.97 Å². The molecule has 0 unspecified atom stereocenters. The van der Waals surface area contributed by atoms with E-state index in [1.54, 1.807) is 6.20 Å². The van der Waals surface area contributed by atoms with E-state index in [-0.39, 0.29) is 5.97 Å². The molecular weight excluding hydrogens is 314 g/mol. The third kappa shape index (κ3) is 3.47. The zero-order valence-electron chi connectivity index (χ0n) is 15.6. The molecular formula is C20H27N3O2. The van der Waals surface area contributed by atoms with Gasteiger partial charge in [0.1, 0.15) is 5.56 Å². The van der Waals surface area contributed by atoms with Crippen LogP contribution in [-0.2, 0) is 4.74 Å². The molecule has 1 aliphatic rings. The Kier molecular flexibility index (Phi) is 5.23. The summed E-state index contributed by atoms with van der Waals surface area (Å²) in [5.74, 6) is -0.288. The van der Waals surface area contributed by atoms with Crippen molar-refractivity contribution in [1.82, 2.24) is 9.88 Å². The quantitative estimate of drug-likeness (QED) is 0.799. The third-order valence-corrected chi connectivity index (χ3v) is 4.91. The number of piperazine rings is 1. The van der Waals surface area contributed by atoms with Crippen LogP contribution in [0.5, 0.6) is 0 Å². The van der Waals surface area contributed by atoms with E-state index in [1.807, 2.05) is 6.92 Å². The van der Waals surface area contributed by atoms with Gasteiger partial charge in [0.2, 0.25) is 0 Å². The van der Waals surface area contributed by atoms with Crippen LogP contribution in [0.25, 0.3) is 10.9 Å². The molecule has 0 amide bonds. The van der Waals surface area contributed by atoms with E-state index < -0.39 is 0 Å². The lowest BCUT2D eigenvalue weighted by atomic mass is 10.0. The van der Waals surface area contributed by atoms with Gasteiger partial charge in [-0.25, -0.2) is 4.79 Å². The average Bonchev–Trinajstić information content (AvgIpc) is 2.61. The summed E-state index contributed by atoms with van der Waals surface area (Å²) in [5, 5.41) is 1.05. The first-order valence-corrected chi connectivity index (χ1v) is 9.09. The molecule has 3 rings (SSSR count). The Balaban J connectivity index is 2.14. The Morgan fingerprint density at radius 2 is 1.88 bits per heavy atom. The van der Waals surface area contributed by atoms with E-state index in [9.17, 15) is 4.79 Å². The maximum atomic E-state index is 12.5. The molecule has 2 heterocycles. The van der Waals surface area contributed by atoms with Gasteiger partial charge in [0.25, 0.3) is 0 Å². The smallest absolute Gasteiger partial charge is 0.341 e. The average molecular weight is 341 g/mol. The highest BCUT2D eigenvalue weighted by Crippen LogP contribution is 2.33. The summed E-state index contributed by atoms with van der Waals surface area (Å²) in [5.41, 5.74) is 4.84. The van der Waals surface area contributed by atoms with Gasteiger partial charge in [0.05, 0.1) is 17.8 Å². The number of carbonyl (C=O) groups is 1. The number of fused-ring (bicyclic) bond motifs is 1. The van der Waals surface area contributed by atoms with Crippen molar-refractivity contribution < 1.29 is 9.53 Å². The van der Waals surface area contributed by atoms with Crippen LogP contribution in [0.15, 0.2) is 18.3 Å². The molecule has 5 heteroatoms. The summed E-state index contributed by atoms with van der Waals surface area (Å²) in [7, 11) is 0. The minimum atomic E-state index is -0.288. The van der Waals surface area contributed by atoms with Crippen LogP contribution in [-0.4, -0.2) is 55.2 Å². The minimum absolute atomic E-state index is 0.288. The van der Waals surface area contributed by atoms with Crippen molar-refractivity contribution in [2.75, 3.05) is 44.2 Å². The molecule has 5 nitrogen and oxygen atoms in total. The summed E-state index contributed by atoms with van der Waals surface area (Å²) in [4.78, 5) is 21.9. The molecule has 134 valence electrons. The van der Waals surface area contributed by atoms with Gasteiger partial charge in [-0.05, 0) is 38.9 Å². The van der Waals surface area contributed by atoms with Crippen molar-refractivity contribution in [1.29, 1.82) is 0 Å². The number of hydrogen-bond donors (Lipinski definition) is 0. The van der Waals surface area contributed by atoms with E-state index in [2.05, 4.69) is 47.7 Å². The van der Waals surface area contributed by atoms with E-state index in [0.717, 1.165) is 54.9 Å². The second-order valence-electron chi connectivity index (χ2n) is 6.64. The summed E-state index contributed by atoms with van der Waals surface area (Å²) in [6.45, 7) is 13.4. The molecule has 1 aromatic heterocycles. The number of esters is 1. The summed E-state index contributed by atoms with van der Waals surface area (Å²) in [6.07, 6.45) is 1.68. The second-order valence-corrected chi connectivity index (χ2v) is 6.64. The van der Waals surface area contributed by atoms with Gasteiger partial charge in [0.15, 0.2) is 0 Å². The fourth-order valence-corrected chi connectivity index (χ4v) is 3.63. The molecule has 1 aliphatic heterocycles. The van der Waals surface area contributed by atoms with Crippen LogP contribution in [0.3, 0.4) is 0 Å². The zero-order chi connectivity index (χ0) is 18.0. The molecule has 0 atom stereocenters. The van der Waals surface area contributed by atoms with Crippen molar-refractivity contribution in [3.63, 3.8) is 0 Å². The highest BCUT2D eigenvalue weighted by atomic mass is 16.5. The summed E-state index contributed by atoms with van der Waals surface area (Å²) in [6, 6.07) is 4.28. The molecule has 0 N–H and O–H groups in total. The number of carbonyl (C=O) groups excluding carboxylic acids is 1. The molecule has 1 saturated heterocycles. The van der Waals surface area contributed by atoms with E-state index in [1.165, 1.54) is 5.56 Å². The van der Waals surface area contributed by atoms with Crippen molar-refractivity contribution >= 4 is 22.6 Å². The molecule has 0 bridgehead atoms. The Bertz CT molecular complexity index is 780. The molecule has 0 aliphatic carbocycles. The lowest BCUT2D eigenvalue weighted by Gasteiger charge is -2.36. The van der Waals surface area contributed by atoms with E-state index in [4.69, 9.17) is 4.74 Å². The Morgan fingerprint density at radius 1 is 1.16 bits per heavy atom. The maximum Gasteiger partial charge on any atom is 0.341 e. The molecule has 0 saturated carbocycles. The van der Waals surface area contributed by atoms with Gasteiger partial charge in [-0.15, -0.1) is 0 Å². The first-order valence-electron chi connectivity index (χ1n) is 9.09. The maximum absolute atomic E-state index is 12.5. The highest BCUT2D eigenvalue weighted by Gasteiger charge is 2.25. The van der Waals surface area contributed by atoms with Crippen LogP contribution in [0.4, 0.5) is 5.69 Å². The Labute approximate surface area is 149 Å². The zero-order valence-corrected chi connectivity index (χ0v) is 15.6. The fourth-order valence-electron chi connectivity index (χ4n) is 3.63. The van der Waals surface area contributed by atoms with Crippen molar-refractivity contribution in [2.45, 2.75) is 27.7 Å². The number of likely N-dealkylation sites (N-methyl/N-ethyl adjacent to an activating group) is 1. The predicted octanol–water partition coefficient (Wildman–Crippen LogP) is 3.17. The number of nitrogens with zero attached hydrogens (tertiary/aromatic N) is 3. The van der Waals surface area contributed by atoms with Crippen LogP contribution in [0.1, 0.15) is 35.3 Å². The van der Waals surface area contributed by atoms with Gasteiger partial charge < -0.3 is 14.5 Å². The monoisotopic (exact) mass is 341 g/mol.